The molecule has 1 fully saturated rings. The lowest BCUT2D eigenvalue weighted by molar-refractivity contribution is 0.241. The Bertz CT molecular complexity index is 645. The summed E-state index contributed by atoms with van der Waals surface area (Å²) >= 11 is 6.36. The molecule has 0 radical (unpaired) electrons. The van der Waals surface area contributed by atoms with Crippen LogP contribution in [0.5, 0.6) is 5.75 Å². The maximum atomic E-state index is 6.36. The lowest BCUT2D eigenvalue weighted by Crippen LogP contribution is -2.45. The lowest BCUT2D eigenvalue weighted by atomic mass is 10.2. The van der Waals surface area contributed by atoms with Crippen LogP contribution in [0.1, 0.15) is 11.1 Å². The average Bonchev–Trinajstić information content (AvgIpc) is 2.66. The van der Waals surface area contributed by atoms with Crippen molar-refractivity contribution >= 4 is 11.6 Å². The van der Waals surface area contributed by atoms with Gasteiger partial charge in [0, 0.05) is 45.8 Å². The number of benzene rings is 2. The zero-order chi connectivity index (χ0) is 17.3. The summed E-state index contributed by atoms with van der Waals surface area (Å²) in [6, 6.07) is 16.1. The van der Waals surface area contributed by atoms with Gasteiger partial charge in [-0.05, 0) is 23.3 Å². The Morgan fingerprint density at radius 2 is 1.84 bits per heavy atom. The van der Waals surface area contributed by atoms with Gasteiger partial charge in [-0.1, -0.05) is 48.0 Å². The highest BCUT2D eigenvalue weighted by molar-refractivity contribution is 6.32. The second-order valence-corrected chi connectivity index (χ2v) is 6.71. The van der Waals surface area contributed by atoms with Crippen molar-refractivity contribution in [2.24, 2.45) is 0 Å². The van der Waals surface area contributed by atoms with E-state index in [4.69, 9.17) is 16.3 Å². The van der Waals surface area contributed by atoms with Crippen LogP contribution in [0.3, 0.4) is 0 Å². The van der Waals surface area contributed by atoms with E-state index in [1.54, 1.807) is 0 Å². The number of piperazine rings is 1. The summed E-state index contributed by atoms with van der Waals surface area (Å²) in [4.78, 5) is 2.48. The molecule has 0 saturated carbocycles. The van der Waals surface area contributed by atoms with Crippen molar-refractivity contribution < 1.29 is 4.74 Å². The SMILES string of the molecule is Clc1cc(CNCCN2CCNCC2)ccc1OCc1ccccc1. The van der Waals surface area contributed by atoms with Gasteiger partial charge in [0.15, 0.2) is 0 Å². The van der Waals surface area contributed by atoms with Crippen molar-refractivity contribution in [2.75, 3.05) is 39.3 Å². The molecule has 3 rings (SSSR count). The van der Waals surface area contributed by atoms with Gasteiger partial charge in [-0.2, -0.15) is 0 Å². The molecule has 2 N–H and O–H groups in total. The third-order valence-corrected chi connectivity index (χ3v) is 4.67. The Hall–Kier alpha value is -1.59. The average molecular weight is 360 g/mol. The van der Waals surface area contributed by atoms with E-state index < -0.39 is 0 Å². The van der Waals surface area contributed by atoms with Gasteiger partial charge in [0.2, 0.25) is 0 Å². The van der Waals surface area contributed by atoms with Gasteiger partial charge < -0.3 is 15.4 Å². The molecule has 1 aliphatic rings. The van der Waals surface area contributed by atoms with E-state index >= 15 is 0 Å². The minimum absolute atomic E-state index is 0.531. The van der Waals surface area contributed by atoms with Crippen LogP contribution in [0.4, 0.5) is 0 Å². The van der Waals surface area contributed by atoms with Crippen molar-refractivity contribution in [3.8, 4) is 5.75 Å². The lowest BCUT2D eigenvalue weighted by Gasteiger charge is -2.27. The van der Waals surface area contributed by atoms with Gasteiger partial charge in [-0.25, -0.2) is 0 Å². The zero-order valence-corrected chi connectivity index (χ0v) is 15.3. The van der Waals surface area contributed by atoms with E-state index in [0.29, 0.717) is 11.6 Å². The molecule has 2 aromatic carbocycles. The van der Waals surface area contributed by atoms with Crippen LogP contribution >= 0.6 is 11.6 Å². The topological polar surface area (TPSA) is 36.5 Å². The molecule has 0 aliphatic carbocycles. The Morgan fingerprint density at radius 1 is 1.04 bits per heavy atom. The Morgan fingerprint density at radius 3 is 2.60 bits per heavy atom. The van der Waals surface area contributed by atoms with Gasteiger partial charge in [0.1, 0.15) is 12.4 Å². The van der Waals surface area contributed by atoms with E-state index in [1.807, 2.05) is 42.5 Å². The maximum Gasteiger partial charge on any atom is 0.138 e. The van der Waals surface area contributed by atoms with Crippen LogP contribution in [0.25, 0.3) is 0 Å². The molecule has 0 aromatic heterocycles. The molecule has 1 saturated heterocycles. The Balaban J connectivity index is 1.41. The first kappa shape index (κ1) is 18.2. The van der Waals surface area contributed by atoms with Gasteiger partial charge >= 0.3 is 0 Å². The van der Waals surface area contributed by atoms with Crippen LogP contribution < -0.4 is 15.4 Å². The second kappa shape index (κ2) is 9.78. The molecule has 1 heterocycles. The van der Waals surface area contributed by atoms with Crippen LogP contribution in [-0.2, 0) is 13.2 Å². The normalized spacial score (nSPS) is 15.2. The second-order valence-electron chi connectivity index (χ2n) is 6.31. The fraction of sp³-hybridized carbons (Fsp3) is 0.400. The number of nitrogens with zero attached hydrogens (tertiary/aromatic N) is 1. The summed E-state index contributed by atoms with van der Waals surface area (Å²) < 4.78 is 5.82. The van der Waals surface area contributed by atoms with Crippen molar-refractivity contribution in [3.63, 3.8) is 0 Å². The number of hydrogen-bond donors (Lipinski definition) is 2. The van der Waals surface area contributed by atoms with Crippen molar-refractivity contribution in [1.29, 1.82) is 0 Å². The predicted molar refractivity (Wildman–Crippen MR) is 103 cm³/mol. The molecule has 0 spiro atoms. The van der Waals surface area contributed by atoms with Gasteiger partial charge in [0.05, 0.1) is 5.02 Å². The molecular weight excluding hydrogens is 334 g/mol. The van der Waals surface area contributed by atoms with Crippen LogP contribution in [-0.4, -0.2) is 44.2 Å². The predicted octanol–water partition coefficient (Wildman–Crippen LogP) is 2.91. The summed E-state index contributed by atoms with van der Waals surface area (Å²) in [7, 11) is 0. The highest BCUT2D eigenvalue weighted by Crippen LogP contribution is 2.26. The Labute approximate surface area is 155 Å². The standard InChI is InChI=1S/C20H26ClN3O/c21-19-14-18(15-23-10-13-24-11-8-22-9-12-24)6-7-20(19)25-16-17-4-2-1-3-5-17/h1-7,14,22-23H,8-13,15-16H2. The quantitative estimate of drug-likeness (QED) is 0.710. The smallest absolute Gasteiger partial charge is 0.138 e. The number of nitrogens with one attached hydrogen (secondary N) is 2. The summed E-state index contributed by atoms with van der Waals surface area (Å²) in [5.74, 6) is 0.732. The first-order valence-electron chi connectivity index (χ1n) is 8.90. The summed E-state index contributed by atoms with van der Waals surface area (Å²) in [5, 5.41) is 7.53. The van der Waals surface area contributed by atoms with E-state index in [0.717, 1.165) is 57.1 Å². The fourth-order valence-electron chi connectivity index (χ4n) is 2.91. The van der Waals surface area contributed by atoms with Crippen molar-refractivity contribution in [3.05, 3.63) is 64.7 Å². The molecule has 0 bridgehead atoms. The van der Waals surface area contributed by atoms with Crippen LogP contribution in [0, 0.1) is 0 Å². The van der Waals surface area contributed by atoms with Crippen LogP contribution in [0.2, 0.25) is 5.02 Å². The maximum absolute atomic E-state index is 6.36. The monoisotopic (exact) mass is 359 g/mol. The van der Waals surface area contributed by atoms with E-state index in [-0.39, 0.29) is 0 Å². The van der Waals surface area contributed by atoms with Crippen molar-refractivity contribution in [1.82, 2.24) is 15.5 Å². The molecule has 25 heavy (non-hydrogen) atoms. The molecule has 0 amide bonds. The van der Waals surface area contributed by atoms with Crippen LogP contribution in [0.15, 0.2) is 48.5 Å². The molecule has 2 aromatic rings. The third kappa shape index (κ3) is 6.01. The van der Waals surface area contributed by atoms with E-state index in [1.165, 1.54) is 5.56 Å². The minimum Gasteiger partial charge on any atom is -0.487 e. The molecule has 0 atom stereocenters. The zero-order valence-electron chi connectivity index (χ0n) is 14.5. The van der Waals surface area contributed by atoms with Gasteiger partial charge in [0.25, 0.3) is 0 Å². The first-order valence-corrected chi connectivity index (χ1v) is 9.28. The number of hydrogen-bond acceptors (Lipinski definition) is 4. The van der Waals surface area contributed by atoms with E-state index in [9.17, 15) is 0 Å². The first-order chi connectivity index (χ1) is 12.3. The Kier molecular flexibility index (Phi) is 7.12. The minimum atomic E-state index is 0.531. The highest BCUT2D eigenvalue weighted by atomic mass is 35.5. The molecule has 4 nitrogen and oxygen atoms in total. The molecule has 5 heteroatoms. The van der Waals surface area contributed by atoms with Crippen molar-refractivity contribution in [2.45, 2.75) is 13.2 Å². The number of ether oxygens (including phenoxy) is 1. The third-order valence-electron chi connectivity index (χ3n) is 4.38. The number of rotatable bonds is 8. The molecule has 0 unspecified atom stereocenters. The summed E-state index contributed by atoms with van der Waals surface area (Å²) in [6.07, 6.45) is 0. The number of halogens is 1. The summed E-state index contributed by atoms with van der Waals surface area (Å²) in [6.45, 7) is 7.91. The fourth-order valence-corrected chi connectivity index (χ4v) is 3.17. The summed E-state index contributed by atoms with van der Waals surface area (Å²) in [5.41, 5.74) is 2.31. The molecule has 1 aliphatic heterocycles. The van der Waals surface area contributed by atoms with Gasteiger partial charge in [-0.3, -0.25) is 4.90 Å². The molecule has 134 valence electrons. The highest BCUT2D eigenvalue weighted by Gasteiger charge is 2.08. The van der Waals surface area contributed by atoms with E-state index in [2.05, 4.69) is 21.6 Å². The largest absolute Gasteiger partial charge is 0.487 e. The van der Waals surface area contributed by atoms with Gasteiger partial charge in [-0.15, -0.1) is 0 Å². The molecular formula is C20H26ClN3O.